The molecule has 100 heavy (non-hydrogen) atoms. The monoisotopic (exact) mass is 1460 g/mol. The largest absolute Gasteiger partial charge is 0.737 e. The molecule has 3 atom stereocenters. The number of hydrogen-bond acceptors (Lipinski definition) is 19. The van der Waals surface area contributed by atoms with Crippen LogP contribution in [0.5, 0.6) is 29.0 Å². The van der Waals surface area contributed by atoms with Crippen molar-refractivity contribution in [2.75, 3.05) is 114 Å². The van der Waals surface area contributed by atoms with E-state index in [0.717, 1.165) is 52.2 Å². The summed E-state index contributed by atoms with van der Waals surface area (Å²) in [6.07, 6.45) is 6.55. The van der Waals surface area contributed by atoms with E-state index in [4.69, 9.17) is 23.8 Å². The third-order valence-electron chi connectivity index (χ3n) is 16.2. The number of hydrogen-bond donors (Lipinski definition) is 7. The smallest absolute Gasteiger partial charge is 0.494 e. The van der Waals surface area contributed by atoms with Crippen LogP contribution in [-0.2, 0) is 45.8 Å². The van der Waals surface area contributed by atoms with Gasteiger partial charge in [0, 0.05) is 73.7 Å². The molecule has 0 saturated heterocycles. The van der Waals surface area contributed by atoms with Gasteiger partial charge in [-0.3, -0.25) is 38.4 Å². The fourth-order valence-electron chi connectivity index (χ4n) is 11.2. The first-order chi connectivity index (χ1) is 46.9. The number of halogens is 2. The maximum atomic E-state index is 17.5. The molecule has 0 spiro atoms. The van der Waals surface area contributed by atoms with E-state index in [1.165, 1.54) is 31.4 Å². The number of nitrogens with zero attached hydrogens (tertiary/aromatic N) is 7. The van der Waals surface area contributed by atoms with Crippen molar-refractivity contribution in [3.8, 4) is 29.0 Å². The SMILES string of the molecule is COc1cc(C(C)OC(=O)On2c(O)ccc2O)c([N+](=O)[O-])cc1OCCN(C)CCNC(=O)C(CCCC[N+](C)(C)C)NC(=O)C(CS(=O)(=O)O)NC(=O)CCCOc1ccc(C=Cc2cc(CCCS(=O)(=O)O)c3n2[B-](F)(F)[N+]2=C(c4cccs4)C=C(CCC[N+](C)(C)C)C2=C3)cc1. The summed E-state index contributed by atoms with van der Waals surface area (Å²) in [4.78, 5) is 72.1. The molecule has 0 radical (unpaired) electrons. The van der Waals surface area contributed by atoms with Crippen LogP contribution >= 0.6 is 11.3 Å². The minimum atomic E-state index is -4.87. The highest BCUT2D eigenvalue weighted by Crippen LogP contribution is 2.42. The second-order valence-electron chi connectivity index (χ2n) is 26.4. The summed E-state index contributed by atoms with van der Waals surface area (Å²) in [7, 11) is 5.98. The number of carbonyl (C=O) groups is 4. The summed E-state index contributed by atoms with van der Waals surface area (Å²) >= 11 is 1.36. The molecule has 2 aromatic carbocycles. The molecule has 5 aromatic rings. The predicted octanol–water partition coefficient (Wildman–Crippen LogP) is 6.52. The van der Waals surface area contributed by atoms with Gasteiger partial charge < -0.3 is 76.6 Å². The minimum Gasteiger partial charge on any atom is -0.494 e. The van der Waals surface area contributed by atoms with E-state index in [0.29, 0.717) is 66.1 Å². The lowest BCUT2D eigenvalue weighted by Crippen LogP contribution is -2.56. The normalized spacial score (nSPS) is 14.7. The van der Waals surface area contributed by atoms with Crippen LogP contribution < -0.4 is 35.0 Å². The number of allylic oxidation sites excluding steroid dienone is 2. The summed E-state index contributed by atoms with van der Waals surface area (Å²) in [6, 6.07) is 13.3. The molecule has 35 heteroatoms. The Balaban J connectivity index is 0.932. The van der Waals surface area contributed by atoms with Crippen molar-refractivity contribution in [2.24, 2.45) is 0 Å². The molecule has 3 unspecified atom stereocenters. The molecule has 5 heterocycles. The lowest BCUT2D eigenvalue weighted by molar-refractivity contribution is -0.870. The minimum absolute atomic E-state index is 0.00377. The van der Waals surface area contributed by atoms with Crippen molar-refractivity contribution in [1.29, 1.82) is 0 Å². The number of rotatable bonds is 39. The zero-order valence-electron chi connectivity index (χ0n) is 57.3. The van der Waals surface area contributed by atoms with Crippen molar-refractivity contribution in [1.82, 2.24) is 30.1 Å². The third kappa shape index (κ3) is 22.9. The van der Waals surface area contributed by atoms with Crippen molar-refractivity contribution >= 4 is 92.0 Å². The number of carbonyl (C=O) groups excluding carboxylic acids is 4. The Morgan fingerprint density at radius 1 is 0.810 bits per heavy atom. The quantitative estimate of drug-likeness (QED) is 0.00418. The molecule has 0 fully saturated rings. The molecular weight excluding hydrogens is 1370 g/mol. The van der Waals surface area contributed by atoms with E-state index in [1.807, 2.05) is 44.7 Å². The number of unbranched alkanes of at least 4 members (excludes halogenated alkanes) is 1. The van der Waals surface area contributed by atoms with Crippen LogP contribution in [0.2, 0.25) is 0 Å². The highest BCUT2D eigenvalue weighted by atomic mass is 32.2. The maximum Gasteiger partial charge on any atom is 0.737 e. The van der Waals surface area contributed by atoms with Crippen molar-refractivity contribution in [3.05, 3.63) is 133 Å². The van der Waals surface area contributed by atoms with Gasteiger partial charge in [0.05, 0.1) is 96.3 Å². The topological polar surface area (TPSA) is 359 Å². The average Bonchev–Trinajstić information content (AvgIpc) is 1.56. The van der Waals surface area contributed by atoms with Crippen molar-refractivity contribution in [2.45, 2.75) is 82.9 Å². The standard InChI is InChI=1S/C65H87BF2N10O19S3/c1-44(96-65(84)97-75-61(80)27-28-62(75)81)50-40-57(93-9)58(42-55(50)76(85)86)95-35-31-72(2)30-29-69-63(82)51(18-10-11-32-77(3,4)5)71-64(83)52(43-100(90,91)92)70-60(79)20-13-34-94-49-25-22-45(23-26-49)21-24-48-38-46(17-15-37-99(87,88)89)53-41-54-47(16-12-33-78(6,7)8)39-56(59-19-14-36-98-59)74(54)66(67,68)73(48)53/h14,19,21-28,36,38-42,44,51-52H,10-13,15-18,20,29-35,37,43H2,1-9H3,(H5-2,69,70,71,79,80,81,82,83,87,88,89,90,91,92)/p+2. The Morgan fingerprint density at radius 2 is 1.50 bits per heavy atom. The molecule has 7 rings (SSSR count). The van der Waals surface area contributed by atoms with Crippen molar-refractivity contribution in [3.63, 3.8) is 0 Å². The molecule has 3 aromatic heterocycles. The summed E-state index contributed by atoms with van der Waals surface area (Å²) in [5.74, 6) is -5.01. The van der Waals surface area contributed by atoms with Crippen LogP contribution in [0.25, 0.3) is 18.2 Å². The van der Waals surface area contributed by atoms with Gasteiger partial charge in [-0.1, -0.05) is 24.3 Å². The maximum absolute atomic E-state index is 17.5. The third-order valence-corrected chi connectivity index (χ3v) is 18.7. The highest BCUT2D eigenvalue weighted by molar-refractivity contribution is 7.86. The lowest BCUT2D eigenvalue weighted by Gasteiger charge is -2.31. The Hall–Kier alpha value is -8.71. The number of amides is 3. The van der Waals surface area contributed by atoms with Gasteiger partial charge in [0.15, 0.2) is 22.9 Å². The number of quaternary nitrogens is 2. The first-order valence-electron chi connectivity index (χ1n) is 32.3. The molecule has 0 aliphatic carbocycles. The van der Waals surface area contributed by atoms with Crippen molar-refractivity contribution < 1.29 is 106 Å². The van der Waals surface area contributed by atoms with E-state index in [9.17, 15) is 65.4 Å². The summed E-state index contributed by atoms with van der Waals surface area (Å²) in [5, 5.41) is 41.3. The predicted molar refractivity (Wildman–Crippen MR) is 371 cm³/mol. The molecule has 7 N–H and O–H groups in total. The number of methoxy groups -OCH3 is 1. The van der Waals surface area contributed by atoms with Crippen LogP contribution in [0, 0.1) is 10.1 Å². The number of fused-ring (bicyclic) bond motifs is 2. The van der Waals surface area contributed by atoms with E-state index < -0.39 is 103 Å². The number of ether oxygens (including phenoxy) is 4. The number of nitrogens with one attached hydrogen (secondary N) is 3. The molecular formula is C65H89BF2N10O19S3+2. The van der Waals surface area contributed by atoms with E-state index in [-0.39, 0.29) is 93.4 Å². The fourth-order valence-corrected chi connectivity index (χ4v) is 13.1. The molecule has 0 saturated carbocycles. The van der Waals surface area contributed by atoms with Gasteiger partial charge in [0.25, 0.3) is 25.9 Å². The van der Waals surface area contributed by atoms with Crippen LogP contribution in [0.3, 0.4) is 0 Å². The van der Waals surface area contributed by atoms with E-state index >= 15 is 8.63 Å². The number of benzene rings is 2. The molecule has 2 aliphatic rings. The van der Waals surface area contributed by atoms with E-state index in [1.54, 1.807) is 60.5 Å². The number of aromatic hydroxyl groups is 2. The Morgan fingerprint density at radius 3 is 2.13 bits per heavy atom. The molecule has 546 valence electrons. The Bertz CT molecular complexity index is 4090. The van der Waals surface area contributed by atoms with Gasteiger partial charge in [-0.05, 0) is 112 Å². The van der Waals surface area contributed by atoms with Crippen LogP contribution in [0.4, 0.5) is 19.1 Å². The Labute approximate surface area is 583 Å². The summed E-state index contributed by atoms with van der Waals surface area (Å²) in [5.41, 5.74) is 2.46. The average molecular weight is 1460 g/mol. The van der Waals surface area contributed by atoms with Crippen LogP contribution in [0.15, 0.2) is 89.5 Å². The van der Waals surface area contributed by atoms with Crippen LogP contribution in [-0.4, -0.2) is 231 Å². The second kappa shape index (κ2) is 34.1. The van der Waals surface area contributed by atoms with Gasteiger partial charge in [-0.25, -0.2) is 4.79 Å². The first-order valence-corrected chi connectivity index (χ1v) is 36.4. The van der Waals surface area contributed by atoms with Gasteiger partial charge in [-0.15, -0.1) is 16.1 Å². The molecule has 2 aliphatic heterocycles. The number of likely N-dealkylation sites (N-methyl/N-ethyl adjacent to an activating group) is 1. The van der Waals surface area contributed by atoms with E-state index in [2.05, 4.69) is 37.1 Å². The molecule has 3 amide bonds. The fraction of sp³-hybridized carbons (Fsp3) is 0.462. The number of thiophene rings is 1. The molecule has 0 bridgehead atoms. The van der Waals surface area contributed by atoms with Gasteiger partial charge in [0.1, 0.15) is 36.3 Å². The zero-order chi connectivity index (χ0) is 73.5. The first kappa shape index (κ1) is 78.6. The lowest BCUT2D eigenvalue weighted by atomic mass is 9.88. The zero-order valence-corrected chi connectivity index (χ0v) is 59.7. The number of nitro benzene ring substituents is 1. The van der Waals surface area contributed by atoms with Gasteiger partial charge in [-0.2, -0.15) is 16.8 Å². The number of nitro groups is 1. The Kier molecular flexibility index (Phi) is 26.8. The molecule has 29 nitrogen and oxygen atoms in total. The summed E-state index contributed by atoms with van der Waals surface area (Å²) < 4.78 is 129. The number of aryl methyl sites for hydroxylation is 1. The highest BCUT2D eigenvalue weighted by Gasteiger charge is 2.55. The van der Waals surface area contributed by atoms with Gasteiger partial charge >= 0.3 is 13.1 Å². The summed E-state index contributed by atoms with van der Waals surface area (Å²) in [6.45, 7) is -1.21. The van der Waals surface area contributed by atoms with Crippen LogP contribution in [0.1, 0.15) is 97.3 Å². The van der Waals surface area contributed by atoms with Gasteiger partial charge in [0.2, 0.25) is 29.5 Å². The number of aromatic nitrogens is 2. The second-order valence-corrected chi connectivity index (χ2v) is 30.4.